The third kappa shape index (κ3) is 20.5. The van der Waals surface area contributed by atoms with Crippen molar-refractivity contribution in [1.29, 1.82) is 0 Å². The van der Waals surface area contributed by atoms with Crippen molar-refractivity contribution in [2.75, 3.05) is 26.2 Å². The van der Waals surface area contributed by atoms with Gasteiger partial charge in [-0.05, 0) is 82.7 Å². The largest absolute Gasteiger partial charge is 0.481 e. The van der Waals surface area contributed by atoms with Crippen molar-refractivity contribution in [3.63, 3.8) is 0 Å². The van der Waals surface area contributed by atoms with Gasteiger partial charge in [0.2, 0.25) is 53.2 Å². The minimum atomic E-state index is -1.47. The number of amides is 9. The Bertz CT molecular complexity index is 2200. The lowest BCUT2D eigenvalue weighted by atomic mass is 9.99. The molecule has 0 aromatic heterocycles. The van der Waals surface area contributed by atoms with Gasteiger partial charge >= 0.3 is 11.9 Å². The minimum absolute atomic E-state index is 0.0171. The number of aliphatic carboxylic acids is 2. The number of nitrogens with one attached hydrogen (secondary N) is 9. The Kier molecular flexibility index (Phi) is 25.4. The summed E-state index contributed by atoms with van der Waals surface area (Å²) in [5.74, 6) is -10.3. The molecule has 2 fully saturated rings. The summed E-state index contributed by atoms with van der Waals surface area (Å²) in [4.78, 5) is 150. The smallest absolute Gasteiger partial charge is 0.326 e. The zero-order chi connectivity index (χ0) is 55.9. The monoisotopic (exact) mass is 1060 g/mol. The number of carboxylic acid groups (broad SMARTS) is 2. The van der Waals surface area contributed by atoms with Gasteiger partial charge in [0.1, 0.15) is 48.3 Å². The Morgan fingerprint density at radius 1 is 0.707 bits per heavy atom. The van der Waals surface area contributed by atoms with Crippen LogP contribution in [0.3, 0.4) is 0 Å². The third-order valence-corrected chi connectivity index (χ3v) is 12.9. The van der Waals surface area contributed by atoms with Gasteiger partial charge in [-0.15, -0.1) is 0 Å². The summed E-state index contributed by atoms with van der Waals surface area (Å²) in [7, 11) is 0. The highest BCUT2D eigenvalue weighted by Gasteiger charge is 2.39. The summed E-state index contributed by atoms with van der Waals surface area (Å²) in [6, 6.07) is -1.52. The molecule has 0 bridgehead atoms. The molecule has 3 rings (SSSR count). The van der Waals surface area contributed by atoms with Crippen LogP contribution in [0.15, 0.2) is 35.3 Å². The first-order chi connectivity index (χ1) is 35.4. The van der Waals surface area contributed by atoms with Crippen molar-refractivity contribution in [3.8, 4) is 0 Å². The van der Waals surface area contributed by atoms with Gasteiger partial charge in [0.25, 0.3) is 0 Å². The van der Waals surface area contributed by atoms with Crippen LogP contribution >= 0.6 is 0 Å². The van der Waals surface area contributed by atoms with Gasteiger partial charge in [0.05, 0.1) is 12.6 Å². The molecule has 2 saturated heterocycles. The van der Waals surface area contributed by atoms with E-state index in [0.29, 0.717) is 25.8 Å². The van der Waals surface area contributed by atoms with E-state index >= 15 is 0 Å². The van der Waals surface area contributed by atoms with Gasteiger partial charge in [0.15, 0.2) is 5.96 Å². The summed E-state index contributed by atoms with van der Waals surface area (Å²) < 4.78 is 0. The molecule has 0 saturated carbocycles. The number of rotatable bonds is 30. The number of carboxylic acids is 2. The average Bonchev–Trinajstić information content (AvgIpc) is 4.10. The van der Waals surface area contributed by atoms with Gasteiger partial charge in [0, 0.05) is 25.9 Å². The van der Waals surface area contributed by atoms with Crippen LogP contribution < -0.4 is 59.3 Å². The van der Waals surface area contributed by atoms with Gasteiger partial charge in [-0.2, -0.15) is 0 Å². The lowest BCUT2D eigenvalue weighted by Crippen LogP contribution is -2.60. The Morgan fingerprint density at radius 2 is 1.33 bits per heavy atom. The SMILES string of the molecule is CC[C@H](C)[C@H](NC(=O)CNC(=O)[C@@H]1CCCN1C(=O)[C@H](CCC(=O)O)NC(=O)[C@H](C)NC(=O)[C@@H](NC(=O)[C@H](C)NC(=O)[C@H](CCCN=C(N)N)NC(=O)[C@H](Cc1ccccc1)NC(=O)[C@@H]1CCCN1)C(C)C)C(=O)O. The Morgan fingerprint density at radius 3 is 1.92 bits per heavy atom. The number of hydrogen-bond donors (Lipinski definition) is 13. The average molecular weight is 1060 g/mol. The molecule has 1 aromatic rings. The lowest BCUT2D eigenvalue weighted by Gasteiger charge is -2.30. The fourth-order valence-electron chi connectivity index (χ4n) is 8.36. The normalized spacial score (nSPS) is 18.3. The van der Waals surface area contributed by atoms with Crippen LogP contribution in [-0.4, -0.2) is 167 Å². The molecule has 2 aliphatic rings. The molecule has 416 valence electrons. The molecule has 0 spiro atoms. The summed E-state index contributed by atoms with van der Waals surface area (Å²) >= 11 is 0. The molecule has 10 atom stereocenters. The van der Waals surface area contributed by atoms with Crippen LogP contribution in [0.1, 0.15) is 105 Å². The first-order valence-electron chi connectivity index (χ1n) is 25.4. The van der Waals surface area contributed by atoms with E-state index in [4.69, 9.17) is 11.5 Å². The van der Waals surface area contributed by atoms with Crippen LogP contribution in [-0.2, 0) is 59.2 Å². The van der Waals surface area contributed by atoms with Gasteiger partial charge < -0.3 is 74.4 Å². The standard InChI is InChI=1S/C49H77N13O13/c1-7-27(4)39(48(74)75)60-36(63)25-54-45(71)35-18-13-23-62(35)47(73)33(19-20-37(64)65)58-40(66)28(5)56-46(72)38(26(2)3)61-41(67)29(6)55-43(69)32(17-12-22-53-49(50)51)57-44(70)34(24-30-14-9-8-10-15-30)59-42(68)31-16-11-21-52-31/h8-10,14-15,26-29,31-35,38-39,52H,7,11-13,16-25H2,1-6H3,(H,54,71)(H,55,69)(H,56,72)(H,57,70)(H,58,66)(H,59,68)(H,60,63)(H,61,67)(H,64,65)(H,74,75)(H4,50,51,53)/t27-,28-,29-,31-,32-,33-,34-,35-,38-,39-/m0/s1. The molecule has 2 heterocycles. The number of likely N-dealkylation sites (tertiary alicyclic amines) is 1. The van der Waals surface area contributed by atoms with Crippen LogP contribution in [0, 0.1) is 11.8 Å². The van der Waals surface area contributed by atoms with E-state index in [1.165, 1.54) is 13.8 Å². The van der Waals surface area contributed by atoms with Crippen LogP contribution in [0.25, 0.3) is 0 Å². The van der Waals surface area contributed by atoms with E-state index < -0.39 is 145 Å². The van der Waals surface area contributed by atoms with Gasteiger partial charge in [-0.1, -0.05) is 64.4 Å². The highest BCUT2D eigenvalue weighted by molar-refractivity contribution is 5.98. The van der Waals surface area contributed by atoms with Crippen LogP contribution in [0.5, 0.6) is 0 Å². The summed E-state index contributed by atoms with van der Waals surface area (Å²) in [5, 5.41) is 42.6. The van der Waals surface area contributed by atoms with Crippen LogP contribution in [0.4, 0.5) is 0 Å². The van der Waals surface area contributed by atoms with Crippen LogP contribution in [0.2, 0.25) is 0 Å². The van der Waals surface area contributed by atoms with Crippen molar-refractivity contribution in [2.45, 2.75) is 160 Å². The second kappa shape index (κ2) is 30.7. The molecule has 0 unspecified atom stereocenters. The summed E-state index contributed by atoms with van der Waals surface area (Å²) in [5.41, 5.74) is 11.7. The second-order valence-electron chi connectivity index (χ2n) is 19.3. The maximum atomic E-state index is 13.9. The molecule has 9 amide bonds. The maximum absolute atomic E-state index is 13.9. The van der Waals surface area contributed by atoms with E-state index in [-0.39, 0.29) is 50.6 Å². The molecule has 2 aliphatic heterocycles. The summed E-state index contributed by atoms with van der Waals surface area (Å²) in [6.07, 6.45) is 1.77. The molecular weight excluding hydrogens is 979 g/mol. The number of benzene rings is 1. The highest BCUT2D eigenvalue weighted by Crippen LogP contribution is 2.20. The Labute approximate surface area is 436 Å². The number of carbonyl (C=O) groups is 11. The Balaban J connectivity index is 1.68. The van der Waals surface area contributed by atoms with E-state index in [0.717, 1.165) is 16.9 Å². The Hall–Kier alpha value is -7.38. The van der Waals surface area contributed by atoms with Crippen molar-refractivity contribution in [1.82, 2.24) is 52.8 Å². The number of guanidine groups is 1. The van der Waals surface area contributed by atoms with E-state index in [9.17, 15) is 63.0 Å². The molecule has 75 heavy (non-hydrogen) atoms. The number of nitrogens with two attached hydrogens (primary N) is 2. The fraction of sp³-hybridized carbons (Fsp3) is 0.633. The highest BCUT2D eigenvalue weighted by atomic mass is 16.4. The molecule has 1 aromatic carbocycles. The molecule has 0 aliphatic carbocycles. The van der Waals surface area contributed by atoms with Crippen molar-refractivity contribution in [2.24, 2.45) is 28.3 Å². The molecule has 0 radical (unpaired) electrons. The molecular formula is C49H77N13O13. The second-order valence-corrected chi connectivity index (χ2v) is 19.3. The third-order valence-electron chi connectivity index (χ3n) is 12.9. The van der Waals surface area contributed by atoms with Crippen molar-refractivity contribution in [3.05, 3.63) is 35.9 Å². The number of hydrogen-bond acceptors (Lipinski definition) is 13. The lowest BCUT2D eigenvalue weighted by molar-refractivity contribution is -0.144. The van der Waals surface area contributed by atoms with Gasteiger partial charge in [-0.25, -0.2) is 4.79 Å². The first-order valence-corrected chi connectivity index (χ1v) is 25.4. The maximum Gasteiger partial charge on any atom is 0.326 e. The zero-order valence-electron chi connectivity index (χ0n) is 43.6. The first kappa shape index (κ1) is 61.9. The van der Waals surface area contributed by atoms with E-state index in [2.05, 4.69) is 52.8 Å². The predicted octanol–water partition coefficient (Wildman–Crippen LogP) is -2.77. The number of aliphatic imine (C=N–C) groups is 1. The van der Waals surface area contributed by atoms with E-state index in [1.807, 2.05) is 6.07 Å². The van der Waals surface area contributed by atoms with E-state index in [1.54, 1.807) is 52.0 Å². The van der Waals surface area contributed by atoms with Crippen molar-refractivity contribution < 1.29 is 63.0 Å². The zero-order valence-corrected chi connectivity index (χ0v) is 43.6. The molecule has 15 N–H and O–H groups in total. The predicted molar refractivity (Wildman–Crippen MR) is 272 cm³/mol. The fourth-order valence-corrected chi connectivity index (χ4v) is 8.36. The topological polar surface area (TPSA) is 404 Å². The van der Waals surface area contributed by atoms with Crippen molar-refractivity contribution >= 4 is 71.1 Å². The minimum Gasteiger partial charge on any atom is -0.481 e. The summed E-state index contributed by atoms with van der Waals surface area (Å²) in [6.45, 7) is 9.52. The number of carbonyl (C=O) groups excluding carboxylic acids is 9. The molecule has 26 heteroatoms. The molecule has 26 nitrogen and oxygen atoms in total. The van der Waals surface area contributed by atoms with Gasteiger partial charge in [-0.3, -0.25) is 52.9 Å². The number of nitrogens with zero attached hydrogens (tertiary/aromatic N) is 2. The quantitative estimate of drug-likeness (QED) is 0.0211.